The maximum absolute atomic E-state index is 9.89. The first-order chi connectivity index (χ1) is 8.20. The number of phenols is 1. The number of hydrogen-bond acceptors (Lipinski definition) is 4. The van der Waals surface area contributed by atoms with E-state index in [9.17, 15) is 5.11 Å². The third-order valence-electron chi connectivity index (χ3n) is 2.50. The van der Waals surface area contributed by atoms with Crippen LogP contribution in [0.5, 0.6) is 5.75 Å². The van der Waals surface area contributed by atoms with Gasteiger partial charge < -0.3 is 10.4 Å². The fourth-order valence-corrected chi connectivity index (χ4v) is 2.61. The van der Waals surface area contributed by atoms with Crippen LogP contribution in [0.15, 0.2) is 34.2 Å². The number of aromatic nitrogens is 1. The fourth-order valence-electron chi connectivity index (χ4n) is 1.65. The molecule has 2 rings (SSSR count). The highest BCUT2D eigenvalue weighted by atomic mass is 79.9. The number of nitrogens with one attached hydrogen (secondary N) is 1. The third kappa shape index (κ3) is 2.98. The Morgan fingerprint density at radius 3 is 3.00 bits per heavy atom. The van der Waals surface area contributed by atoms with E-state index in [4.69, 9.17) is 0 Å². The lowest BCUT2D eigenvalue weighted by Gasteiger charge is -2.18. The number of hydrogen-bond donors (Lipinski definition) is 2. The van der Waals surface area contributed by atoms with Crippen molar-refractivity contribution in [3.05, 3.63) is 39.8 Å². The van der Waals surface area contributed by atoms with Crippen LogP contribution >= 0.6 is 27.3 Å². The standard InChI is InChI=1S/C12H13BrN2OS/c1-2-10(15-12-14-5-6-17-12)9-7-8(13)3-4-11(9)16/h3-7,10,16H,2H2,1H3,(H,14,15). The van der Waals surface area contributed by atoms with Crippen molar-refractivity contribution in [2.24, 2.45) is 0 Å². The minimum atomic E-state index is 0.0682. The van der Waals surface area contributed by atoms with Gasteiger partial charge in [0.05, 0.1) is 6.04 Å². The zero-order valence-electron chi connectivity index (χ0n) is 9.35. The molecule has 1 atom stereocenters. The van der Waals surface area contributed by atoms with Crippen LogP contribution < -0.4 is 5.32 Å². The average molecular weight is 313 g/mol. The molecule has 0 saturated carbocycles. The van der Waals surface area contributed by atoms with E-state index in [0.717, 1.165) is 21.6 Å². The fraction of sp³-hybridized carbons (Fsp3) is 0.250. The van der Waals surface area contributed by atoms with Gasteiger partial charge in [0.15, 0.2) is 5.13 Å². The van der Waals surface area contributed by atoms with E-state index >= 15 is 0 Å². The molecule has 0 amide bonds. The molecule has 0 aliphatic carbocycles. The van der Waals surface area contributed by atoms with Crippen LogP contribution in [-0.4, -0.2) is 10.1 Å². The van der Waals surface area contributed by atoms with Gasteiger partial charge in [-0.15, -0.1) is 11.3 Å². The molecule has 3 nitrogen and oxygen atoms in total. The van der Waals surface area contributed by atoms with E-state index in [1.54, 1.807) is 23.6 Å². The molecule has 0 saturated heterocycles. The summed E-state index contributed by atoms with van der Waals surface area (Å²) in [4.78, 5) is 4.20. The van der Waals surface area contributed by atoms with Gasteiger partial charge >= 0.3 is 0 Å². The molecule has 0 fully saturated rings. The predicted molar refractivity (Wildman–Crippen MR) is 74.6 cm³/mol. The summed E-state index contributed by atoms with van der Waals surface area (Å²) in [6, 6.07) is 5.53. The number of thiazole rings is 1. The van der Waals surface area contributed by atoms with E-state index in [1.807, 2.05) is 17.5 Å². The van der Waals surface area contributed by atoms with E-state index in [2.05, 4.69) is 33.2 Å². The molecule has 90 valence electrons. The molecule has 0 aliphatic heterocycles. The van der Waals surface area contributed by atoms with Crippen LogP contribution in [0, 0.1) is 0 Å². The Bertz CT molecular complexity index is 487. The molecule has 1 unspecified atom stereocenters. The first-order valence-corrected chi connectivity index (χ1v) is 7.02. The van der Waals surface area contributed by atoms with Gasteiger partial charge in [-0.05, 0) is 24.6 Å². The van der Waals surface area contributed by atoms with Gasteiger partial charge in [-0.1, -0.05) is 22.9 Å². The molecule has 5 heteroatoms. The molecule has 1 aromatic heterocycles. The van der Waals surface area contributed by atoms with Crippen molar-refractivity contribution in [2.75, 3.05) is 5.32 Å². The number of benzene rings is 1. The van der Waals surface area contributed by atoms with Crippen molar-refractivity contribution in [1.29, 1.82) is 0 Å². The molecule has 2 aromatic rings. The molecule has 0 spiro atoms. The second-order valence-corrected chi connectivity index (χ2v) is 5.46. The van der Waals surface area contributed by atoms with Crippen LogP contribution in [0.2, 0.25) is 0 Å². The number of anilines is 1. The predicted octanol–water partition coefficient (Wildman–Crippen LogP) is 4.17. The van der Waals surface area contributed by atoms with Crippen LogP contribution in [0.3, 0.4) is 0 Å². The van der Waals surface area contributed by atoms with E-state index < -0.39 is 0 Å². The number of phenolic OH excluding ortho intramolecular Hbond substituents is 1. The van der Waals surface area contributed by atoms with Gasteiger partial charge in [-0.3, -0.25) is 0 Å². The maximum Gasteiger partial charge on any atom is 0.183 e. The summed E-state index contributed by atoms with van der Waals surface area (Å²) in [5.74, 6) is 0.309. The number of rotatable bonds is 4. The largest absolute Gasteiger partial charge is 0.508 e. The van der Waals surface area contributed by atoms with E-state index in [0.29, 0.717) is 5.75 Å². The first kappa shape index (κ1) is 12.4. The van der Waals surface area contributed by atoms with Gasteiger partial charge in [0.2, 0.25) is 0 Å². The quantitative estimate of drug-likeness (QED) is 0.890. The normalized spacial score (nSPS) is 12.4. The van der Waals surface area contributed by atoms with Crippen molar-refractivity contribution in [3.8, 4) is 5.75 Å². The third-order valence-corrected chi connectivity index (χ3v) is 3.70. The zero-order valence-corrected chi connectivity index (χ0v) is 11.8. The van der Waals surface area contributed by atoms with Crippen LogP contribution in [0.25, 0.3) is 0 Å². The van der Waals surface area contributed by atoms with Gasteiger partial charge in [0.1, 0.15) is 5.75 Å². The summed E-state index contributed by atoms with van der Waals surface area (Å²) < 4.78 is 0.963. The lowest BCUT2D eigenvalue weighted by molar-refractivity contribution is 0.462. The summed E-state index contributed by atoms with van der Waals surface area (Å²) >= 11 is 4.98. The van der Waals surface area contributed by atoms with Gasteiger partial charge in [-0.2, -0.15) is 0 Å². The van der Waals surface area contributed by atoms with Crippen molar-refractivity contribution >= 4 is 32.4 Å². The molecular formula is C12H13BrN2OS. The Hall–Kier alpha value is -1.07. The number of nitrogens with zero attached hydrogens (tertiary/aromatic N) is 1. The lowest BCUT2D eigenvalue weighted by Crippen LogP contribution is -2.09. The SMILES string of the molecule is CCC(Nc1nccs1)c1cc(Br)ccc1O. The van der Waals surface area contributed by atoms with Gasteiger partial charge in [0, 0.05) is 21.6 Å². The summed E-state index contributed by atoms with van der Waals surface area (Å²) in [7, 11) is 0. The van der Waals surface area contributed by atoms with E-state index in [1.165, 1.54) is 0 Å². The minimum Gasteiger partial charge on any atom is -0.508 e. The summed E-state index contributed by atoms with van der Waals surface area (Å²) in [5.41, 5.74) is 0.886. The summed E-state index contributed by atoms with van der Waals surface area (Å²) in [6.45, 7) is 2.08. The lowest BCUT2D eigenvalue weighted by atomic mass is 10.0. The number of halogens is 1. The van der Waals surface area contributed by atoms with Crippen molar-refractivity contribution in [3.63, 3.8) is 0 Å². The van der Waals surface area contributed by atoms with Gasteiger partial charge in [-0.25, -0.2) is 4.98 Å². The van der Waals surface area contributed by atoms with Crippen LogP contribution in [-0.2, 0) is 0 Å². The topological polar surface area (TPSA) is 45.2 Å². The summed E-state index contributed by atoms with van der Waals surface area (Å²) in [6.07, 6.45) is 2.64. The van der Waals surface area contributed by atoms with Gasteiger partial charge in [0.25, 0.3) is 0 Å². The summed E-state index contributed by atoms with van der Waals surface area (Å²) in [5, 5.41) is 16.0. The Kier molecular flexibility index (Phi) is 4.02. The second-order valence-electron chi connectivity index (χ2n) is 3.65. The average Bonchev–Trinajstić information content (AvgIpc) is 2.82. The molecule has 17 heavy (non-hydrogen) atoms. The molecular weight excluding hydrogens is 300 g/mol. The minimum absolute atomic E-state index is 0.0682. The van der Waals surface area contributed by atoms with Crippen molar-refractivity contribution in [2.45, 2.75) is 19.4 Å². The second kappa shape index (κ2) is 5.51. The van der Waals surface area contributed by atoms with Crippen LogP contribution in [0.1, 0.15) is 24.9 Å². The Balaban J connectivity index is 2.25. The maximum atomic E-state index is 9.89. The molecule has 2 N–H and O–H groups in total. The zero-order chi connectivity index (χ0) is 12.3. The highest BCUT2D eigenvalue weighted by Gasteiger charge is 2.14. The Morgan fingerprint density at radius 2 is 2.35 bits per heavy atom. The highest BCUT2D eigenvalue weighted by molar-refractivity contribution is 9.10. The first-order valence-electron chi connectivity index (χ1n) is 5.35. The molecule has 0 aliphatic rings. The Labute approximate surface area is 113 Å². The van der Waals surface area contributed by atoms with Crippen molar-refractivity contribution in [1.82, 2.24) is 4.98 Å². The Morgan fingerprint density at radius 1 is 1.53 bits per heavy atom. The molecule has 0 bridgehead atoms. The smallest absolute Gasteiger partial charge is 0.183 e. The molecule has 1 heterocycles. The molecule has 1 aromatic carbocycles. The molecule has 0 radical (unpaired) electrons. The van der Waals surface area contributed by atoms with Crippen molar-refractivity contribution < 1.29 is 5.11 Å². The highest BCUT2D eigenvalue weighted by Crippen LogP contribution is 2.32. The number of aromatic hydroxyl groups is 1. The van der Waals surface area contributed by atoms with E-state index in [-0.39, 0.29) is 6.04 Å². The van der Waals surface area contributed by atoms with Crippen LogP contribution in [0.4, 0.5) is 5.13 Å². The monoisotopic (exact) mass is 312 g/mol.